The third kappa shape index (κ3) is 7.56. The highest BCUT2D eigenvalue weighted by Gasteiger charge is 2.28. The highest BCUT2D eigenvalue weighted by molar-refractivity contribution is 6.15. The third-order valence-corrected chi connectivity index (χ3v) is 13.9. The van der Waals surface area contributed by atoms with E-state index in [1.807, 2.05) is 36.4 Å². The van der Waals surface area contributed by atoms with Crippen LogP contribution in [0.15, 0.2) is 182 Å². The van der Waals surface area contributed by atoms with E-state index in [1.54, 1.807) is 0 Å². The smallest absolute Gasteiger partial charge is 0.131 e. The van der Waals surface area contributed by atoms with Crippen LogP contribution in [0.25, 0.3) is 87.6 Å². The van der Waals surface area contributed by atoms with E-state index < -0.39 is 0 Å². The number of aryl methyl sites for hydroxylation is 2. The highest BCUT2D eigenvalue weighted by atomic mass is 16.5. The first-order valence-electron chi connectivity index (χ1n) is 23.3. The van der Waals surface area contributed by atoms with Gasteiger partial charge in [0, 0.05) is 44.5 Å². The lowest BCUT2D eigenvalue weighted by molar-refractivity contribution is 0.105. The van der Waals surface area contributed by atoms with Crippen molar-refractivity contribution in [3.05, 3.63) is 193 Å². The van der Waals surface area contributed by atoms with Crippen molar-refractivity contribution in [2.75, 3.05) is 13.2 Å². The average molecular weight is 861 g/mol. The van der Waals surface area contributed by atoms with Gasteiger partial charge in [-0.05, 0) is 141 Å². The summed E-state index contributed by atoms with van der Waals surface area (Å²) in [6.07, 6.45) is 4.39. The fourth-order valence-electron chi connectivity index (χ4n) is 10.7. The maximum atomic E-state index is 12.3. The Balaban J connectivity index is 0.876. The molecule has 66 heavy (non-hydrogen) atoms. The summed E-state index contributed by atoms with van der Waals surface area (Å²) in [4.78, 5) is 0. The molecule has 0 amide bonds. The molecule has 2 atom stereocenters. The summed E-state index contributed by atoms with van der Waals surface area (Å²) in [5.41, 5.74) is 9.08. The van der Waals surface area contributed by atoms with E-state index in [2.05, 4.69) is 159 Å². The third-order valence-electron chi connectivity index (χ3n) is 13.9. The van der Waals surface area contributed by atoms with Crippen LogP contribution in [0.4, 0.5) is 0 Å². The van der Waals surface area contributed by atoms with Crippen LogP contribution in [-0.2, 0) is 0 Å². The van der Waals surface area contributed by atoms with Gasteiger partial charge in [0.2, 0.25) is 0 Å². The molecule has 11 rings (SSSR count). The Morgan fingerprint density at radius 1 is 0.379 bits per heavy atom. The van der Waals surface area contributed by atoms with E-state index >= 15 is 0 Å². The van der Waals surface area contributed by atoms with E-state index in [0.717, 1.165) is 136 Å². The first-order valence-corrected chi connectivity index (χ1v) is 23.3. The van der Waals surface area contributed by atoms with Crippen LogP contribution in [0, 0.1) is 25.7 Å². The lowest BCUT2D eigenvalue weighted by Crippen LogP contribution is -2.30. The minimum atomic E-state index is 0.248. The molecule has 1 aliphatic carbocycles. The SMILES string of the molecule is Cc1cc(-c2ccccc2OC[C@H]2CCCC[C@H]2COc2ccccc2-c2cc(C)cc(-c3c4ccccc4cc4ccccc34)c2O)c(O)c(-c2c3ccccc3cc3ccccc23)c1. The van der Waals surface area contributed by atoms with Gasteiger partial charge in [0.25, 0.3) is 0 Å². The average Bonchev–Trinajstić information content (AvgIpc) is 3.35. The number of fused-ring (bicyclic) bond motifs is 4. The fraction of sp³-hybridized carbons (Fsp3) is 0.161. The number of para-hydroxylation sites is 2. The Morgan fingerprint density at radius 3 is 1.08 bits per heavy atom. The number of phenols is 2. The zero-order valence-electron chi connectivity index (χ0n) is 37.4. The molecule has 4 nitrogen and oxygen atoms in total. The number of hydrogen-bond acceptors (Lipinski definition) is 4. The lowest BCUT2D eigenvalue weighted by Gasteiger charge is -2.32. The van der Waals surface area contributed by atoms with Gasteiger partial charge in [-0.3, -0.25) is 0 Å². The van der Waals surface area contributed by atoms with Gasteiger partial charge in [-0.15, -0.1) is 0 Å². The minimum absolute atomic E-state index is 0.248. The summed E-state index contributed by atoms with van der Waals surface area (Å²) in [6.45, 7) is 5.28. The Labute approximate surface area is 386 Å². The summed E-state index contributed by atoms with van der Waals surface area (Å²) < 4.78 is 13.7. The highest BCUT2D eigenvalue weighted by Crippen LogP contribution is 2.49. The lowest BCUT2D eigenvalue weighted by atomic mass is 9.80. The van der Waals surface area contributed by atoms with Gasteiger partial charge in [-0.1, -0.05) is 146 Å². The molecule has 1 fully saturated rings. The Kier molecular flexibility index (Phi) is 10.9. The summed E-state index contributed by atoms with van der Waals surface area (Å²) >= 11 is 0. The largest absolute Gasteiger partial charge is 0.507 e. The second kappa shape index (κ2) is 17.4. The molecule has 4 heteroatoms. The molecule has 2 N–H and O–H groups in total. The second-order valence-corrected chi connectivity index (χ2v) is 18.2. The van der Waals surface area contributed by atoms with Gasteiger partial charge >= 0.3 is 0 Å². The van der Waals surface area contributed by atoms with Gasteiger partial charge < -0.3 is 19.7 Å². The van der Waals surface area contributed by atoms with Crippen LogP contribution < -0.4 is 9.47 Å². The number of ether oxygens (including phenoxy) is 2. The van der Waals surface area contributed by atoms with Crippen molar-refractivity contribution in [1.82, 2.24) is 0 Å². The Hall–Kier alpha value is -7.56. The Morgan fingerprint density at radius 2 is 0.697 bits per heavy atom. The quantitative estimate of drug-likeness (QED) is 0.135. The van der Waals surface area contributed by atoms with E-state index in [4.69, 9.17) is 9.47 Å². The van der Waals surface area contributed by atoms with Crippen molar-refractivity contribution >= 4 is 43.1 Å². The molecular formula is C62H52O4. The van der Waals surface area contributed by atoms with Gasteiger partial charge in [-0.25, -0.2) is 0 Å². The maximum Gasteiger partial charge on any atom is 0.131 e. The van der Waals surface area contributed by atoms with Crippen molar-refractivity contribution in [2.24, 2.45) is 11.8 Å². The molecule has 0 unspecified atom stereocenters. The number of phenolic OH excluding ortho intramolecular Hbond substituents is 2. The molecule has 10 aromatic rings. The van der Waals surface area contributed by atoms with Crippen molar-refractivity contribution in [3.63, 3.8) is 0 Å². The zero-order chi connectivity index (χ0) is 44.7. The number of benzene rings is 10. The van der Waals surface area contributed by atoms with Gasteiger partial charge in [-0.2, -0.15) is 0 Å². The second-order valence-electron chi connectivity index (χ2n) is 18.2. The molecule has 0 heterocycles. The summed E-state index contributed by atoms with van der Waals surface area (Å²) in [5, 5.41) is 33.6. The van der Waals surface area contributed by atoms with E-state index in [-0.39, 0.29) is 23.3 Å². The van der Waals surface area contributed by atoms with Crippen LogP contribution in [-0.4, -0.2) is 23.4 Å². The standard InChI is InChI=1S/C62H52O4/c1-39-31-53(61(63)55(33-39)59-47-23-9-5-17-41(47)35-42-18-6-10-24-48(42)59)51-27-13-15-29-57(51)65-37-45-21-3-4-22-46(45)38-66-58-30-16-14-28-52(58)54-32-40(2)34-56(62(54)64)60-49-25-11-7-19-43(49)36-44-20-8-12-26-50(44)60/h5-20,23-36,45-46,63-64H,3-4,21-22,37-38H2,1-2H3/t45-,46+. The normalized spacial score (nSPS) is 15.1. The number of hydrogen-bond donors (Lipinski definition) is 2. The van der Waals surface area contributed by atoms with Gasteiger partial charge in [0.05, 0.1) is 13.2 Å². The summed E-state index contributed by atoms with van der Waals surface area (Å²) in [5.74, 6) is 2.57. The molecule has 1 saturated carbocycles. The molecule has 0 aromatic heterocycles. The van der Waals surface area contributed by atoms with Crippen LogP contribution in [0.3, 0.4) is 0 Å². The number of rotatable bonds is 10. The molecular weight excluding hydrogens is 809 g/mol. The van der Waals surface area contributed by atoms with E-state index in [0.29, 0.717) is 13.2 Å². The van der Waals surface area contributed by atoms with Crippen molar-refractivity contribution in [3.8, 4) is 67.5 Å². The van der Waals surface area contributed by atoms with Gasteiger partial charge in [0.15, 0.2) is 0 Å². The maximum absolute atomic E-state index is 12.3. The molecule has 0 bridgehead atoms. The molecule has 0 spiro atoms. The fourth-order valence-corrected chi connectivity index (χ4v) is 10.7. The van der Waals surface area contributed by atoms with Crippen molar-refractivity contribution in [2.45, 2.75) is 39.5 Å². The van der Waals surface area contributed by atoms with Crippen LogP contribution >= 0.6 is 0 Å². The number of aromatic hydroxyl groups is 2. The van der Waals surface area contributed by atoms with Crippen molar-refractivity contribution in [1.29, 1.82) is 0 Å². The first kappa shape index (κ1) is 41.2. The van der Waals surface area contributed by atoms with E-state index in [9.17, 15) is 10.2 Å². The first-order chi connectivity index (χ1) is 32.4. The van der Waals surface area contributed by atoms with E-state index in [1.165, 1.54) is 0 Å². The zero-order valence-corrected chi connectivity index (χ0v) is 37.4. The minimum Gasteiger partial charge on any atom is -0.507 e. The van der Waals surface area contributed by atoms with Crippen molar-refractivity contribution < 1.29 is 19.7 Å². The van der Waals surface area contributed by atoms with Gasteiger partial charge in [0.1, 0.15) is 23.0 Å². The summed E-state index contributed by atoms with van der Waals surface area (Å²) in [6, 6.07) is 62.8. The molecule has 1 aliphatic rings. The monoisotopic (exact) mass is 860 g/mol. The predicted octanol–water partition coefficient (Wildman–Crippen LogP) is 16.3. The Bertz CT molecular complexity index is 3120. The predicted molar refractivity (Wildman–Crippen MR) is 274 cm³/mol. The van der Waals surface area contributed by atoms with Crippen LogP contribution in [0.1, 0.15) is 36.8 Å². The summed E-state index contributed by atoms with van der Waals surface area (Å²) in [7, 11) is 0. The molecule has 324 valence electrons. The molecule has 0 aliphatic heterocycles. The molecule has 0 saturated heterocycles. The topological polar surface area (TPSA) is 58.9 Å². The molecule has 0 radical (unpaired) electrons. The van der Waals surface area contributed by atoms with Crippen LogP contribution in [0.5, 0.6) is 23.0 Å². The molecule has 10 aromatic carbocycles. The van der Waals surface area contributed by atoms with Crippen LogP contribution in [0.2, 0.25) is 0 Å².